The second kappa shape index (κ2) is 10.1. The van der Waals surface area contributed by atoms with Gasteiger partial charge >= 0.3 is 0 Å². The molecule has 2 amide bonds. The van der Waals surface area contributed by atoms with Gasteiger partial charge in [0.1, 0.15) is 0 Å². The third-order valence-corrected chi connectivity index (χ3v) is 5.83. The number of rotatable bonds is 5. The number of nitrogens with zero attached hydrogens (tertiary/aromatic N) is 2. The average molecular weight is 425 g/mol. The molecule has 1 aromatic rings. The summed E-state index contributed by atoms with van der Waals surface area (Å²) in [4.78, 5) is 37.7. The lowest BCUT2D eigenvalue weighted by Gasteiger charge is -2.44. The molecule has 2 aliphatic heterocycles. The van der Waals surface area contributed by atoms with E-state index in [1.54, 1.807) is 9.80 Å². The summed E-state index contributed by atoms with van der Waals surface area (Å²) in [5, 5.41) is 7.49. The molecule has 2 atom stereocenters. The van der Waals surface area contributed by atoms with Crippen LogP contribution in [0.1, 0.15) is 38.3 Å². The number of carbonyl (C=O) groups is 3. The molecule has 2 aliphatic rings. The number of halogens is 1. The summed E-state index contributed by atoms with van der Waals surface area (Å²) < 4.78 is 5.31. The van der Waals surface area contributed by atoms with E-state index in [1.807, 2.05) is 38.2 Å². The van der Waals surface area contributed by atoms with Crippen molar-refractivity contribution in [2.45, 2.75) is 32.7 Å². The molecule has 2 heterocycles. The monoisotopic (exact) mass is 424 g/mol. The van der Waals surface area contributed by atoms with Gasteiger partial charge in [0.2, 0.25) is 11.8 Å². The van der Waals surface area contributed by atoms with Crippen LogP contribution in [0.5, 0.6) is 0 Å². The largest absolute Gasteiger partial charge is 0.483 e. The number of hydrogen-bond donors (Lipinski definition) is 1. The smallest absolute Gasteiger partial charge is 0.290 e. The van der Waals surface area contributed by atoms with Gasteiger partial charge in [-0.15, -0.1) is 0 Å². The molecule has 0 saturated carbocycles. The Morgan fingerprint density at radius 3 is 2.55 bits per heavy atom. The second-order valence-corrected chi connectivity index (χ2v) is 8.30. The fourth-order valence-corrected chi connectivity index (χ4v) is 4.41. The number of amides is 2. The molecule has 0 bridgehead atoms. The van der Waals surface area contributed by atoms with Crippen LogP contribution in [0.3, 0.4) is 0 Å². The zero-order valence-corrected chi connectivity index (χ0v) is 17.9. The molecule has 0 aromatic heterocycles. The van der Waals surface area contributed by atoms with Crippen LogP contribution in [0.4, 0.5) is 0 Å². The zero-order valence-electron chi connectivity index (χ0n) is 17.1. The van der Waals surface area contributed by atoms with E-state index in [0.29, 0.717) is 44.2 Å². The van der Waals surface area contributed by atoms with Crippen molar-refractivity contribution < 1.29 is 24.2 Å². The Bertz CT molecular complexity index is 738. The first-order valence-corrected chi connectivity index (χ1v) is 10.1. The van der Waals surface area contributed by atoms with Crippen molar-refractivity contribution in [2.24, 2.45) is 11.3 Å². The van der Waals surface area contributed by atoms with Gasteiger partial charge in [-0.1, -0.05) is 36.7 Å². The summed E-state index contributed by atoms with van der Waals surface area (Å²) in [7, 11) is 1.85. The molecule has 2 fully saturated rings. The Morgan fingerprint density at radius 1 is 1.41 bits per heavy atom. The van der Waals surface area contributed by atoms with Crippen LogP contribution < -0.4 is 0 Å². The predicted molar refractivity (Wildman–Crippen MR) is 110 cm³/mol. The summed E-state index contributed by atoms with van der Waals surface area (Å²) in [6.45, 7) is 6.43. The molecule has 1 aromatic carbocycles. The maximum absolute atomic E-state index is 13.3. The van der Waals surface area contributed by atoms with E-state index in [9.17, 15) is 9.59 Å². The van der Waals surface area contributed by atoms with Gasteiger partial charge < -0.3 is 19.6 Å². The van der Waals surface area contributed by atoms with E-state index in [4.69, 9.17) is 26.2 Å². The van der Waals surface area contributed by atoms with E-state index in [1.165, 1.54) is 0 Å². The van der Waals surface area contributed by atoms with Crippen LogP contribution >= 0.6 is 11.6 Å². The van der Waals surface area contributed by atoms with Gasteiger partial charge in [-0.05, 0) is 25.0 Å². The maximum Gasteiger partial charge on any atom is 0.290 e. The molecule has 2 saturated heterocycles. The number of likely N-dealkylation sites (tertiary alicyclic amines) is 1. The fraction of sp³-hybridized carbons (Fsp3) is 0.571. The third-order valence-electron chi connectivity index (χ3n) is 5.48. The molecule has 3 rings (SSSR count). The molecule has 0 aliphatic carbocycles. The summed E-state index contributed by atoms with van der Waals surface area (Å²) >= 11 is 6.44. The van der Waals surface area contributed by atoms with Crippen LogP contribution in [0.15, 0.2) is 24.3 Å². The fourth-order valence-electron chi connectivity index (χ4n) is 4.16. The molecule has 0 radical (unpaired) electrons. The molecule has 160 valence electrons. The topological polar surface area (TPSA) is 87.2 Å². The van der Waals surface area contributed by atoms with E-state index in [-0.39, 0.29) is 35.7 Å². The molecule has 1 N–H and O–H groups in total. The van der Waals surface area contributed by atoms with Gasteiger partial charge in [0, 0.05) is 37.0 Å². The molecule has 29 heavy (non-hydrogen) atoms. The average Bonchev–Trinajstić information content (AvgIpc) is 2.67. The highest BCUT2D eigenvalue weighted by Gasteiger charge is 2.43. The summed E-state index contributed by atoms with van der Waals surface area (Å²) in [6.07, 6.45) is 0.959. The first kappa shape index (κ1) is 23.2. The van der Waals surface area contributed by atoms with E-state index >= 15 is 0 Å². The van der Waals surface area contributed by atoms with Crippen molar-refractivity contribution in [3.63, 3.8) is 0 Å². The van der Waals surface area contributed by atoms with E-state index < -0.39 is 0 Å². The van der Waals surface area contributed by atoms with Crippen molar-refractivity contribution in [3.8, 4) is 0 Å². The second-order valence-electron chi connectivity index (χ2n) is 7.89. The summed E-state index contributed by atoms with van der Waals surface area (Å²) in [5.41, 5.74) is 0.883. The van der Waals surface area contributed by atoms with E-state index in [0.717, 1.165) is 5.56 Å². The Kier molecular flexibility index (Phi) is 8.05. The third kappa shape index (κ3) is 5.28. The Hall–Kier alpha value is -2.12. The number of benzene rings is 1. The Balaban J connectivity index is 0.000000941. The molecular formula is C21H29ClN2O5. The lowest BCUT2D eigenvalue weighted by molar-refractivity contribution is -0.153. The van der Waals surface area contributed by atoms with Crippen molar-refractivity contribution in [1.29, 1.82) is 0 Å². The van der Waals surface area contributed by atoms with Gasteiger partial charge in [-0.3, -0.25) is 14.4 Å². The Morgan fingerprint density at radius 2 is 2.03 bits per heavy atom. The molecule has 0 unspecified atom stereocenters. The van der Waals surface area contributed by atoms with Crippen LogP contribution in [0.2, 0.25) is 5.02 Å². The minimum absolute atomic E-state index is 0.0270. The zero-order chi connectivity index (χ0) is 21.6. The molecule has 8 heteroatoms. The lowest BCUT2D eigenvalue weighted by atomic mass is 9.82. The van der Waals surface area contributed by atoms with Crippen LogP contribution in [0, 0.1) is 11.3 Å². The number of hydrogen-bond acceptors (Lipinski definition) is 4. The van der Waals surface area contributed by atoms with Gasteiger partial charge in [0.15, 0.2) is 0 Å². The molecule has 0 spiro atoms. The summed E-state index contributed by atoms with van der Waals surface area (Å²) in [6, 6.07) is 7.21. The molecule has 7 nitrogen and oxygen atoms in total. The number of piperidine rings is 1. The minimum Gasteiger partial charge on any atom is -0.483 e. The number of carbonyl (C=O) groups excluding carboxylic acids is 2. The van der Waals surface area contributed by atoms with Gasteiger partial charge in [0.25, 0.3) is 6.47 Å². The highest BCUT2D eigenvalue weighted by molar-refractivity contribution is 6.31. The highest BCUT2D eigenvalue weighted by atomic mass is 35.5. The predicted octanol–water partition coefficient (Wildman–Crippen LogP) is 2.84. The van der Waals surface area contributed by atoms with Gasteiger partial charge in [0.05, 0.1) is 25.2 Å². The standard InChI is InChI=1S/C20H27ClN2O3.CH2O2/c1-4-23-17(24)10-9-15(18(23)14-7-5-6-8-16(14)21)19(25)22(3)11-20(2)12-26-13-20;2-1-3/h5-8,15,18H,4,9-13H2,1-3H3;1H,(H,2,3)/t15-,18+;/m1./s1. The lowest BCUT2D eigenvalue weighted by Crippen LogP contribution is -2.53. The minimum atomic E-state index is -0.310. The summed E-state index contributed by atoms with van der Waals surface area (Å²) in [5.74, 6) is -0.111. The normalized spacial score (nSPS) is 22.8. The maximum atomic E-state index is 13.3. The van der Waals surface area contributed by atoms with Crippen molar-refractivity contribution in [1.82, 2.24) is 9.80 Å². The first-order valence-electron chi connectivity index (χ1n) is 9.72. The number of carboxylic acid groups (broad SMARTS) is 1. The van der Waals surface area contributed by atoms with Crippen LogP contribution in [-0.2, 0) is 19.1 Å². The first-order chi connectivity index (χ1) is 13.8. The quantitative estimate of drug-likeness (QED) is 0.734. The van der Waals surface area contributed by atoms with Crippen LogP contribution in [-0.4, -0.2) is 66.5 Å². The van der Waals surface area contributed by atoms with Gasteiger partial charge in [-0.25, -0.2) is 0 Å². The van der Waals surface area contributed by atoms with Crippen molar-refractivity contribution in [3.05, 3.63) is 34.9 Å². The van der Waals surface area contributed by atoms with E-state index in [2.05, 4.69) is 6.92 Å². The Labute approximate surface area is 176 Å². The van der Waals surface area contributed by atoms with Crippen LogP contribution in [0.25, 0.3) is 0 Å². The van der Waals surface area contributed by atoms with Crippen molar-refractivity contribution >= 4 is 29.9 Å². The SMILES string of the molecule is CCN1C(=O)CC[C@@H](C(=O)N(C)CC2(C)COC2)[C@@H]1c1ccccc1Cl.O=CO. The molecular weight excluding hydrogens is 396 g/mol. The highest BCUT2D eigenvalue weighted by Crippen LogP contribution is 2.40. The number of ether oxygens (including phenoxy) is 1. The van der Waals surface area contributed by atoms with Crippen molar-refractivity contribution in [2.75, 3.05) is 33.4 Å². The van der Waals surface area contributed by atoms with Gasteiger partial charge in [-0.2, -0.15) is 0 Å².